The second kappa shape index (κ2) is 9.57. The monoisotopic (exact) mass is 434 g/mol. The predicted molar refractivity (Wildman–Crippen MR) is 112 cm³/mol. The van der Waals surface area contributed by atoms with Gasteiger partial charge < -0.3 is 10.1 Å². The molecule has 6 nitrogen and oxygen atoms in total. The first-order chi connectivity index (χ1) is 14.3. The van der Waals surface area contributed by atoms with Crippen molar-refractivity contribution >= 4 is 15.9 Å². The molecule has 1 saturated heterocycles. The normalized spacial score (nSPS) is 18.6. The minimum Gasteiger partial charge on any atom is -0.491 e. The zero-order valence-electron chi connectivity index (χ0n) is 17.2. The van der Waals surface area contributed by atoms with Gasteiger partial charge >= 0.3 is 0 Å². The van der Waals surface area contributed by atoms with Gasteiger partial charge in [-0.2, -0.15) is 4.31 Å². The van der Waals surface area contributed by atoms with Gasteiger partial charge in [-0.1, -0.05) is 17.7 Å². The molecular formula is C22H27FN2O4S. The fraction of sp³-hybridized carbons (Fsp3) is 0.409. The highest BCUT2D eigenvalue weighted by molar-refractivity contribution is 7.89. The van der Waals surface area contributed by atoms with E-state index in [0.717, 1.165) is 23.4 Å². The number of hydrogen-bond acceptors (Lipinski definition) is 4. The van der Waals surface area contributed by atoms with Crippen LogP contribution in [-0.4, -0.2) is 44.4 Å². The molecule has 1 heterocycles. The lowest BCUT2D eigenvalue weighted by molar-refractivity contribution is -0.126. The number of aryl methyl sites for hydroxylation is 1. The molecule has 0 aliphatic carbocycles. The molecule has 0 aromatic heterocycles. The lowest BCUT2D eigenvalue weighted by Gasteiger charge is -2.31. The molecule has 0 bridgehead atoms. The summed E-state index contributed by atoms with van der Waals surface area (Å²) >= 11 is 0. The zero-order valence-corrected chi connectivity index (χ0v) is 18.0. The molecule has 2 aromatic carbocycles. The van der Waals surface area contributed by atoms with Gasteiger partial charge in [0.1, 0.15) is 18.2 Å². The molecule has 2 aromatic rings. The van der Waals surface area contributed by atoms with Gasteiger partial charge in [-0.15, -0.1) is 0 Å². The molecule has 0 saturated carbocycles. The van der Waals surface area contributed by atoms with E-state index in [0.29, 0.717) is 26.0 Å². The van der Waals surface area contributed by atoms with Crippen molar-refractivity contribution in [2.24, 2.45) is 5.92 Å². The number of piperidine rings is 1. The maximum atomic E-state index is 13.1. The second-order valence-electron chi connectivity index (χ2n) is 7.69. The van der Waals surface area contributed by atoms with Crippen molar-refractivity contribution in [2.45, 2.75) is 37.6 Å². The van der Waals surface area contributed by atoms with E-state index in [1.165, 1.54) is 16.4 Å². The molecule has 162 valence electrons. The standard InChI is InChI=1S/C22H27FN2O4S/c1-16-5-9-20(10-6-16)29-15-17(2)24-22(26)18-4-3-13-25(14-18)30(27,28)21-11-7-19(23)8-12-21/h5-12,17-18H,3-4,13-15H2,1-2H3,(H,24,26)/t17-,18-/m1/s1. The fourth-order valence-corrected chi connectivity index (χ4v) is 4.91. The van der Waals surface area contributed by atoms with Gasteiger partial charge in [0, 0.05) is 13.1 Å². The van der Waals surface area contributed by atoms with Crippen LogP contribution < -0.4 is 10.1 Å². The Balaban J connectivity index is 1.55. The predicted octanol–water partition coefficient (Wildman–Crippen LogP) is 3.12. The number of amides is 1. The minimum atomic E-state index is -3.76. The average molecular weight is 435 g/mol. The first-order valence-electron chi connectivity index (χ1n) is 10.0. The number of nitrogens with zero attached hydrogens (tertiary/aromatic N) is 1. The van der Waals surface area contributed by atoms with Gasteiger partial charge in [0.05, 0.1) is 16.9 Å². The maximum absolute atomic E-state index is 13.1. The van der Waals surface area contributed by atoms with E-state index < -0.39 is 21.8 Å². The Morgan fingerprint density at radius 3 is 2.53 bits per heavy atom. The summed E-state index contributed by atoms with van der Waals surface area (Å²) in [7, 11) is -3.76. The minimum absolute atomic E-state index is 0.0322. The van der Waals surface area contributed by atoms with Gasteiger partial charge in [0.15, 0.2) is 0 Å². The summed E-state index contributed by atoms with van der Waals surface area (Å²) < 4.78 is 45.8. The highest BCUT2D eigenvalue weighted by Crippen LogP contribution is 2.24. The van der Waals surface area contributed by atoms with Gasteiger partial charge in [-0.3, -0.25) is 4.79 Å². The molecule has 2 atom stereocenters. The molecule has 1 fully saturated rings. The van der Waals surface area contributed by atoms with E-state index in [1.54, 1.807) is 0 Å². The summed E-state index contributed by atoms with van der Waals surface area (Å²) in [6.07, 6.45) is 1.21. The molecule has 0 spiro atoms. The van der Waals surface area contributed by atoms with Crippen LogP contribution >= 0.6 is 0 Å². The van der Waals surface area contributed by atoms with Crippen molar-refractivity contribution in [3.63, 3.8) is 0 Å². The Morgan fingerprint density at radius 1 is 1.20 bits per heavy atom. The number of ether oxygens (including phenoxy) is 1. The van der Waals surface area contributed by atoms with Crippen LogP contribution in [0.15, 0.2) is 53.4 Å². The van der Waals surface area contributed by atoms with Gasteiger partial charge in [0.2, 0.25) is 15.9 Å². The van der Waals surface area contributed by atoms with Crippen LogP contribution in [0.1, 0.15) is 25.3 Å². The summed E-state index contributed by atoms with van der Waals surface area (Å²) in [6.45, 7) is 4.62. The largest absolute Gasteiger partial charge is 0.491 e. The van der Waals surface area contributed by atoms with E-state index >= 15 is 0 Å². The van der Waals surface area contributed by atoms with Crippen LogP contribution in [0.3, 0.4) is 0 Å². The van der Waals surface area contributed by atoms with E-state index in [1.807, 2.05) is 38.1 Å². The molecule has 30 heavy (non-hydrogen) atoms. The molecule has 0 unspecified atom stereocenters. The van der Waals surface area contributed by atoms with Crippen LogP contribution in [0.25, 0.3) is 0 Å². The number of benzene rings is 2. The third kappa shape index (κ3) is 5.58. The van der Waals surface area contributed by atoms with Crippen LogP contribution in [-0.2, 0) is 14.8 Å². The summed E-state index contributed by atoms with van der Waals surface area (Å²) in [5.74, 6) is -0.382. The molecule has 1 amide bonds. The Hall–Kier alpha value is -2.45. The maximum Gasteiger partial charge on any atom is 0.243 e. The summed E-state index contributed by atoms with van der Waals surface area (Å²) in [4.78, 5) is 12.7. The lowest BCUT2D eigenvalue weighted by Crippen LogP contribution is -2.48. The molecule has 0 radical (unpaired) electrons. The van der Waals surface area contributed by atoms with Crippen LogP contribution in [0.2, 0.25) is 0 Å². The van der Waals surface area contributed by atoms with E-state index in [9.17, 15) is 17.6 Å². The summed E-state index contributed by atoms with van der Waals surface area (Å²) in [5.41, 5.74) is 1.14. The number of sulfonamides is 1. The smallest absolute Gasteiger partial charge is 0.243 e. The molecule has 1 N–H and O–H groups in total. The van der Waals surface area contributed by atoms with Crippen LogP contribution in [0.4, 0.5) is 4.39 Å². The highest BCUT2D eigenvalue weighted by atomic mass is 32.2. The Bertz CT molecular complexity index is 962. The van der Waals surface area contributed by atoms with E-state index in [2.05, 4.69) is 5.32 Å². The Labute approximate surface area is 177 Å². The summed E-state index contributed by atoms with van der Waals surface area (Å²) in [6, 6.07) is 12.2. The number of carbonyl (C=O) groups is 1. The van der Waals surface area contributed by atoms with Crippen molar-refractivity contribution in [1.29, 1.82) is 0 Å². The molecule has 1 aliphatic heterocycles. The SMILES string of the molecule is Cc1ccc(OC[C@@H](C)NC(=O)[C@@H]2CCCN(S(=O)(=O)c3ccc(F)cc3)C2)cc1. The van der Waals surface area contributed by atoms with Crippen LogP contribution in [0, 0.1) is 18.7 Å². The number of hydrogen-bond donors (Lipinski definition) is 1. The van der Waals surface area contributed by atoms with Crippen molar-refractivity contribution < 1.29 is 22.3 Å². The number of carbonyl (C=O) groups excluding carboxylic acids is 1. The molecular weight excluding hydrogens is 407 g/mol. The number of nitrogens with one attached hydrogen (secondary N) is 1. The molecule has 1 aliphatic rings. The van der Waals surface area contributed by atoms with Gasteiger partial charge in [-0.25, -0.2) is 12.8 Å². The third-order valence-corrected chi connectivity index (χ3v) is 7.00. The second-order valence-corrected chi connectivity index (χ2v) is 9.63. The van der Waals surface area contributed by atoms with Gasteiger partial charge in [-0.05, 0) is 63.1 Å². The van der Waals surface area contributed by atoms with Crippen LogP contribution in [0.5, 0.6) is 5.75 Å². The van der Waals surface area contributed by atoms with E-state index in [4.69, 9.17) is 4.74 Å². The number of rotatable bonds is 7. The first-order valence-corrected chi connectivity index (χ1v) is 11.5. The molecule has 3 rings (SSSR count). The van der Waals surface area contributed by atoms with Crippen molar-refractivity contribution in [3.8, 4) is 5.75 Å². The van der Waals surface area contributed by atoms with Crippen molar-refractivity contribution in [1.82, 2.24) is 9.62 Å². The third-order valence-electron chi connectivity index (χ3n) is 5.12. The Kier molecular flexibility index (Phi) is 7.10. The molecule has 8 heteroatoms. The topological polar surface area (TPSA) is 75.7 Å². The lowest BCUT2D eigenvalue weighted by atomic mass is 9.98. The van der Waals surface area contributed by atoms with Gasteiger partial charge in [0.25, 0.3) is 0 Å². The quantitative estimate of drug-likeness (QED) is 0.727. The van der Waals surface area contributed by atoms with E-state index in [-0.39, 0.29) is 23.4 Å². The number of halogens is 1. The van der Waals surface area contributed by atoms with Crippen molar-refractivity contribution in [3.05, 3.63) is 59.9 Å². The first kappa shape index (κ1) is 22.2. The summed E-state index contributed by atoms with van der Waals surface area (Å²) in [5, 5.41) is 2.92. The fourth-order valence-electron chi connectivity index (χ4n) is 3.39. The zero-order chi connectivity index (χ0) is 21.7. The average Bonchev–Trinajstić information content (AvgIpc) is 2.74. The highest BCUT2D eigenvalue weighted by Gasteiger charge is 2.33. The van der Waals surface area contributed by atoms with Crippen molar-refractivity contribution in [2.75, 3.05) is 19.7 Å². The Morgan fingerprint density at radius 2 is 1.87 bits per heavy atom.